The van der Waals surface area contributed by atoms with Crippen LogP contribution in [0.4, 0.5) is 0 Å². The molecule has 1 heterocycles. The number of rotatable bonds is 7. The molecular formula is C17H26O2. The third kappa shape index (κ3) is 4.24. The summed E-state index contributed by atoms with van der Waals surface area (Å²) in [6.45, 7) is 3.14. The first kappa shape index (κ1) is 14.4. The summed E-state index contributed by atoms with van der Waals surface area (Å²) >= 11 is 0. The van der Waals surface area contributed by atoms with Crippen LogP contribution in [-0.2, 0) is 4.74 Å². The Kier molecular flexibility index (Phi) is 5.71. The molecule has 0 saturated carbocycles. The Morgan fingerprint density at radius 3 is 2.63 bits per heavy atom. The zero-order chi connectivity index (χ0) is 13.5. The van der Waals surface area contributed by atoms with Crippen LogP contribution in [0.1, 0.15) is 56.9 Å². The van der Waals surface area contributed by atoms with Crippen molar-refractivity contribution >= 4 is 0 Å². The fourth-order valence-corrected chi connectivity index (χ4v) is 2.81. The summed E-state index contributed by atoms with van der Waals surface area (Å²) in [6, 6.07) is 8.44. The number of unbranched alkanes of at least 4 members (excludes halogenated alkanes) is 3. The van der Waals surface area contributed by atoms with Gasteiger partial charge >= 0.3 is 0 Å². The molecule has 0 aromatic heterocycles. The van der Waals surface area contributed by atoms with Gasteiger partial charge in [0.25, 0.3) is 0 Å². The van der Waals surface area contributed by atoms with Crippen LogP contribution < -0.4 is 4.74 Å². The van der Waals surface area contributed by atoms with E-state index in [0.717, 1.165) is 12.4 Å². The highest BCUT2D eigenvalue weighted by atomic mass is 16.5. The Hall–Kier alpha value is -1.02. The van der Waals surface area contributed by atoms with E-state index in [2.05, 4.69) is 19.1 Å². The number of hydrogen-bond acceptors (Lipinski definition) is 2. The molecule has 1 aromatic rings. The Morgan fingerprint density at radius 2 is 1.95 bits per heavy atom. The highest BCUT2D eigenvalue weighted by Gasteiger charge is 2.26. The molecule has 1 aromatic carbocycles. The van der Waals surface area contributed by atoms with Crippen molar-refractivity contribution < 1.29 is 9.47 Å². The number of ether oxygens (including phenoxy) is 2. The van der Waals surface area contributed by atoms with Gasteiger partial charge in [0.05, 0.1) is 19.8 Å². The van der Waals surface area contributed by atoms with Gasteiger partial charge < -0.3 is 9.47 Å². The number of methoxy groups -OCH3 is 1. The summed E-state index contributed by atoms with van der Waals surface area (Å²) in [5, 5.41) is 0. The maximum absolute atomic E-state index is 5.93. The summed E-state index contributed by atoms with van der Waals surface area (Å²) in [4.78, 5) is 0. The second kappa shape index (κ2) is 7.54. The predicted octanol–water partition coefficient (Wildman–Crippen LogP) is 4.54. The van der Waals surface area contributed by atoms with Crippen LogP contribution >= 0.6 is 0 Å². The third-order valence-electron chi connectivity index (χ3n) is 4.05. The van der Waals surface area contributed by atoms with Crippen LogP contribution in [-0.4, -0.2) is 19.8 Å². The maximum atomic E-state index is 5.93. The molecule has 19 heavy (non-hydrogen) atoms. The van der Waals surface area contributed by atoms with E-state index in [-0.39, 0.29) is 0 Å². The van der Waals surface area contributed by atoms with Gasteiger partial charge in [0.2, 0.25) is 0 Å². The van der Waals surface area contributed by atoms with Crippen LogP contribution in [0.25, 0.3) is 0 Å². The van der Waals surface area contributed by atoms with E-state index < -0.39 is 0 Å². The second-order valence-corrected chi connectivity index (χ2v) is 5.51. The molecule has 0 unspecified atom stereocenters. The Morgan fingerprint density at radius 1 is 1.16 bits per heavy atom. The van der Waals surface area contributed by atoms with Crippen LogP contribution in [0.2, 0.25) is 0 Å². The monoisotopic (exact) mass is 262 g/mol. The van der Waals surface area contributed by atoms with Crippen molar-refractivity contribution in [1.82, 2.24) is 0 Å². The topological polar surface area (TPSA) is 18.5 Å². The van der Waals surface area contributed by atoms with Crippen molar-refractivity contribution in [2.75, 3.05) is 13.7 Å². The smallest absolute Gasteiger partial charge is 0.118 e. The molecule has 0 N–H and O–H groups in total. The van der Waals surface area contributed by atoms with E-state index in [0.29, 0.717) is 12.0 Å². The summed E-state index contributed by atoms with van der Waals surface area (Å²) in [5.41, 5.74) is 1.39. The highest BCUT2D eigenvalue weighted by molar-refractivity contribution is 5.29. The predicted molar refractivity (Wildman–Crippen MR) is 78.9 cm³/mol. The van der Waals surface area contributed by atoms with E-state index in [1.807, 2.05) is 12.1 Å². The molecule has 1 aliphatic rings. The molecule has 1 aliphatic heterocycles. The average Bonchev–Trinajstić information content (AvgIpc) is 2.92. The van der Waals surface area contributed by atoms with Crippen molar-refractivity contribution in [1.29, 1.82) is 0 Å². The van der Waals surface area contributed by atoms with Gasteiger partial charge in [-0.15, -0.1) is 0 Å². The van der Waals surface area contributed by atoms with Crippen LogP contribution in [0.5, 0.6) is 5.75 Å². The third-order valence-corrected chi connectivity index (χ3v) is 4.05. The Bertz CT molecular complexity index is 358. The lowest BCUT2D eigenvalue weighted by molar-refractivity contribution is 0.100. The SMILES string of the molecule is CCCCCC[C@H]1C[C@H](c2ccc(OC)cc2)CO1. The molecule has 1 fully saturated rings. The molecule has 2 nitrogen and oxygen atoms in total. The van der Waals surface area contributed by atoms with E-state index in [1.165, 1.54) is 44.1 Å². The van der Waals surface area contributed by atoms with Gasteiger partial charge in [-0.1, -0.05) is 44.7 Å². The van der Waals surface area contributed by atoms with E-state index in [4.69, 9.17) is 9.47 Å². The summed E-state index contributed by atoms with van der Waals surface area (Å²) in [6.07, 6.45) is 8.21. The summed E-state index contributed by atoms with van der Waals surface area (Å²) in [5.74, 6) is 1.50. The second-order valence-electron chi connectivity index (χ2n) is 5.51. The fraction of sp³-hybridized carbons (Fsp3) is 0.647. The lowest BCUT2D eigenvalue weighted by Gasteiger charge is -2.10. The van der Waals surface area contributed by atoms with Crippen molar-refractivity contribution in [3.8, 4) is 5.75 Å². The molecule has 0 spiro atoms. The minimum atomic E-state index is 0.476. The van der Waals surface area contributed by atoms with Crippen molar-refractivity contribution in [3.63, 3.8) is 0 Å². The van der Waals surface area contributed by atoms with Gasteiger partial charge in [0.15, 0.2) is 0 Å². The molecular weight excluding hydrogens is 236 g/mol. The van der Waals surface area contributed by atoms with Crippen LogP contribution in [0, 0.1) is 0 Å². The van der Waals surface area contributed by atoms with Gasteiger partial charge in [-0.3, -0.25) is 0 Å². The zero-order valence-corrected chi connectivity index (χ0v) is 12.2. The lowest BCUT2D eigenvalue weighted by atomic mass is 9.94. The highest BCUT2D eigenvalue weighted by Crippen LogP contribution is 2.32. The van der Waals surface area contributed by atoms with Crippen LogP contribution in [0.3, 0.4) is 0 Å². The molecule has 0 bridgehead atoms. The molecule has 1 saturated heterocycles. The first-order valence-electron chi connectivity index (χ1n) is 7.59. The molecule has 2 rings (SSSR count). The molecule has 2 heteroatoms. The molecule has 106 valence electrons. The normalized spacial score (nSPS) is 22.6. The minimum absolute atomic E-state index is 0.476. The van der Waals surface area contributed by atoms with Crippen molar-refractivity contribution in [3.05, 3.63) is 29.8 Å². The first-order valence-corrected chi connectivity index (χ1v) is 7.59. The Labute approximate surface area is 117 Å². The lowest BCUT2D eigenvalue weighted by Crippen LogP contribution is -2.04. The molecule has 0 aliphatic carbocycles. The van der Waals surface area contributed by atoms with Gasteiger partial charge in [0.1, 0.15) is 5.75 Å². The average molecular weight is 262 g/mol. The number of hydrogen-bond donors (Lipinski definition) is 0. The van der Waals surface area contributed by atoms with E-state index in [9.17, 15) is 0 Å². The Balaban J connectivity index is 1.77. The van der Waals surface area contributed by atoms with E-state index in [1.54, 1.807) is 7.11 Å². The van der Waals surface area contributed by atoms with Gasteiger partial charge in [0, 0.05) is 5.92 Å². The van der Waals surface area contributed by atoms with Gasteiger partial charge in [-0.05, 0) is 30.5 Å². The van der Waals surface area contributed by atoms with Crippen molar-refractivity contribution in [2.45, 2.75) is 57.5 Å². The largest absolute Gasteiger partial charge is 0.497 e. The standard InChI is InChI=1S/C17H26O2/c1-3-4-5-6-7-17-12-15(13-19-17)14-8-10-16(18-2)11-9-14/h8-11,15,17H,3-7,12-13H2,1-2H3/t15-,17-/m0/s1. The summed E-state index contributed by atoms with van der Waals surface area (Å²) < 4.78 is 11.1. The number of benzene rings is 1. The van der Waals surface area contributed by atoms with Gasteiger partial charge in [-0.2, -0.15) is 0 Å². The van der Waals surface area contributed by atoms with Gasteiger partial charge in [-0.25, -0.2) is 0 Å². The molecule has 0 amide bonds. The molecule has 2 atom stereocenters. The fourth-order valence-electron chi connectivity index (χ4n) is 2.81. The van der Waals surface area contributed by atoms with Crippen molar-refractivity contribution in [2.24, 2.45) is 0 Å². The maximum Gasteiger partial charge on any atom is 0.118 e. The molecule has 0 radical (unpaired) electrons. The first-order chi connectivity index (χ1) is 9.33. The summed E-state index contributed by atoms with van der Waals surface area (Å²) in [7, 11) is 1.71. The zero-order valence-electron chi connectivity index (χ0n) is 12.2. The minimum Gasteiger partial charge on any atom is -0.497 e. The van der Waals surface area contributed by atoms with E-state index >= 15 is 0 Å². The van der Waals surface area contributed by atoms with Crippen LogP contribution in [0.15, 0.2) is 24.3 Å². The quantitative estimate of drug-likeness (QED) is 0.672.